The number of sulfonamides is 1. The molecule has 3 N–H and O–H groups in total. The number of aromatic nitrogens is 2. The zero-order valence-corrected chi connectivity index (χ0v) is 21.2. The SMILES string of the molecule is O=C(O)C(F)(F)F.O=c1[nH]c2ccccc2n1C1CCN(CCNS(=O)(=O)c2ccccc2Br)CC1. The van der Waals surface area contributed by atoms with Crippen molar-refractivity contribution in [2.75, 3.05) is 26.2 Å². The average molecular weight is 593 g/mol. The molecule has 0 spiro atoms. The Kier molecular flexibility index (Phi) is 8.98. The largest absolute Gasteiger partial charge is 0.490 e. The molecule has 0 amide bonds. The Bertz CT molecular complexity index is 1370. The number of likely N-dealkylation sites (tertiary alicyclic amines) is 1. The summed E-state index contributed by atoms with van der Waals surface area (Å²) in [5, 5.41) is 7.12. The molecule has 0 radical (unpaired) electrons. The van der Waals surface area contributed by atoms with E-state index >= 15 is 0 Å². The third-order valence-corrected chi connectivity index (χ3v) is 8.11. The Morgan fingerprint density at radius 3 is 2.31 bits per heavy atom. The van der Waals surface area contributed by atoms with Crippen LogP contribution in [0.5, 0.6) is 0 Å². The van der Waals surface area contributed by atoms with E-state index in [9.17, 15) is 26.4 Å². The first-order valence-electron chi connectivity index (χ1n) is 10.9. The van der Waals surface area contributed by atoms with Crippen molar-refractivity contribution in [2.45, 2.75) is 30.0 Å². The number of nitrogens with one attached hydrogen (secondary N) is 2. The number of piperidine rings is 1. The Balaban J connectivity index is 0.000000454. The van der Waals surface area contributed by atoms with E-state index in [1.807, 2.05) is 28.8 Å². The summed E-state index contributed by atoms with van der Waals surface area (Å²) in [7, 11) is -3.54. The lowest BCUT2D eigenvalue weighted by Crippen LogP contribution is -2.41. The van der Waals surface area contributed by atoms with Crippen LogP contribution in [-0.2, 0) is 14.8 Å². The van der Waals surface area contributed by atoms with Gasteiger partial charge in [-0.1, -0.05) is 24.3 Å². The lowest BCUT2D eigenvalue weighted by Gasteiger charge is -2.32. The summed E-state index contributed by atoms with van der Waals surface area (Å²) in [5.41, 5.74) is 1.74. The van der Waals surface area contributed by atoms with Crippen LogP contribution < -0.4 is 10.4 Å². The van der Waals surface area contributed by atoms with E-state index in [2.05, 4.69) is 30.5 Å². The van der Waals surface area contributed by atoms with Crippen LogP contribution in [-0.4, -0.2) is 66.3 Å². The highest BCUT2D eigenvalue weighted by Gasteiger charge is 2.38. The molecular formula is C22H24BrF3N4O5S. The number of hydrogen-bond donors (Lipinski definition) is 3. The van der Waals surface area contributed by atoms with E-state index in [-0.39, 0.29) is 16.6 Å². The van der Waals surface area contributed by atoms with E-state index < -0.39 is 22.2 Å². The van der Waals surface area contributed by atoms with Crippen molar-refractivity contribution in [3.8, 4) is 0 Å². The molecule has 4 rings (SSSR count). The highest BCUT2D eigenvalue weighted by Crippen LogP contribution is 2.25. The number of aliphatic carboxylic acids is 1. The lowest BCUT2D eigenvalue weighted by atomic mass is 10.0. The highest BCUT2D eigenvalue weighted by atomic mass is 79.9. The molecule has 1 aliphatic heterocycles. The van der Waals surface area contributed by atoms with Gasteiger partial charge in [-0.15, -0.1) is 0 Å². The second-order valence-corrected chi connectivity index (χ2v) is 10.6. The van der Waals surface area contributed by atoms with Gasteiger partial charge in [-0.2, -0.15) is 13.2 Å². The number of aromatic amines is 1. The summed E-state index contributed by atoms with van der Waals surface area (Å²) in [6, 6.07) is 14.7. The van der Waals surface area contributed by atoms with Crippen LogP contribution in [0, 0.1) is 0 Å². The minimum Gasteiger partial charge on any atom is -0.475 e. The van der Waals surface area contributed by atoms with Gasteiger partial charge in [0.1, 0.15) is 0 Å². The molecule has 9 nitrogen and oxygen atoms in total. The Morgan fingerprint density at radius 1 is 1.11 bits per heavy atom. The van der Waals surface area contributed by atoms with Crippen molar-refractivity contribution >= 4 is 43.0 Å². The maximum atomic E-state index is 12.5. The predicted octanol–water partition coefficient (Wildman–Crippen LogP) is 3.34. The average Bonchev–Trinajstić information content (AvgIpc) is 3.15. The fraction of sp³-hybridized carbons (Fsp3) is 0.364. The number of nitrogens with zero attached hydrogens (tertiary/aromatic N) is 2. The van der Waals surface area contributed by atoms with Gasteiger partial charge in [0.05, 0.1) is 15.9 Å². The van der Waals surface area contributed by atoms with Gasteiger partial charge >= 0.3 is 17.8 Å². The predicted molar refractivity (Wildman–Crippen MR) is 130 cm³/mol. The van der Waals surface area contributed by atoms with E-state index in [1.54, 1.807) is 24.3 Å². The molecule has 1 saturated heterocycles. The van der Waals surface area contributed by atoms with Crippen molar-refractivity contribution in [1.82, 2.24) is 19.2 Å². The third-order valence-electron chi connectivity index (χ3n) is 5.64. The van der Waals surface area contributed by atoms with Gasteiger partial charge in [-0.05, 0) is 53.0 Å². The van der Waals surface area contributed by atoms with E-state index in [0.29, 0.717) is 17.6 Å². The molecule has 0 aliphatic carbocycles. The number of imidazole rings is 1. The number of rotatable bonds is 6. The van der Waals surface area contributed by atoms with Crippen LogP contribution in [0.25, 0.3) is 11.0 Å². The molecule has 1 aromatic heterocycles. The number of halogens is 4. The van der Waals surface area contributed by atoms with E-state index in [1.165, 1.54) is 0 Å². The monoisotopic (exact) mass is 592 g/mol. The van der Waals surface area contributed by atoms with Crippen molar-refractivity contribution < 1.29 is 31.5 Å². The molecule has 2 aromatic carbocycles. The molecule has 14 heteroatoms. The minimum absolute atomic E-state index is 0.0640. The first kappa shape index (κ1) is 27.9. The van der Waals surface area contributed by atoms with Crippen molar-refractivity contribution in [2.24, 2.45) is 0 Å². The molecule has 0 bridgehead atoms. The summed E-state index contributed by atoms with van der Waals surface area (Å²) in [4.78, 5) is 26.7. The third kappa shape index (κ3) is 6.96. The minimum atomic E-state index is -5.08. The van der Waals surface area contributed by atoms with Crippen LogP contribution >= 0.6 is 15.9 Å². The van der Waals surface area contributed by atoms with Gasteiger partial charge in [0.25, 0.3) is 0 Å². The van der Waals surface area contributed by atoms with Gasteiger partial charge in [-0.25, -0.2) is 22.7 Å². The molecule has 1 fully saturated rings. The molecule has 3 aromatic rings. The standard InChI is InChI=1S/C20H23BrN4O3S.C2HF3O2/c21-16-5-1-4-8-19(16)29(27,28)22-11-14-24-12-9-15(10-13-24)25-18-7-3-2-6-17(18)23-20(25)26;3-2(4,5)1(6)7/h1-8,15,22H,9-14H2,(H,23,26);(H,6,7). The van der Waals surface area contributed by atoms with Crippen molar-refractivity contribution in [3.63, 3.8) is 0 Å². The highest BCUT2D eigenvalue weighted by molar-refractivity contribution is 9.10. The second-order valence-electron chi connectivity index (χ2n) is 8.02. The van der Waals surface area contributed by atoms with E-state index in [4.69, 9.17) is 9.90 Å². The normalized spacial score (nSPS) is 15.4. The molecular weight excluding hydrogens is 569 g/mol. The van der Waals surface area contributed by atoms with E-state index in [0.717, 1.165) is 37.0 Å². The smallest absolute Gasteiger partial charge is 0.475 e. The van der Waals surface area contributed by atoms with Crippen LogP contribution in [0.2, 0.25) is 0 Å². The summed E-state index contributed by atoms with van der Waals surface area (Å²) >= 11 is 3.29. The van der Waals surface area contributed by atoms with Crippen molar-refractivity contribution in [3.05, 3.63) is 63.5 Å². The lowest BCUT2D eigenvalue weighted by molar-refractivity contribution is -0.192. The van der Waals surface area contributed by atoms with Gasteiger partial charge in [0.2, 0.25) is 10.0 Å². The molecule has 2 heterocycles. The first-order chi connectivity index (χ1) is 16.9. The Hall–Kier alpha value is -2.68. The number of H-pyrrole nitrogens is 1. The topological polar surface area (TPSA) is 124 Å². The number of alkyl halides is 3. The Labute approximate surface area is 213 Å². The second kappa shape index (κ2) is 11.6. The van der Waals surface area contributed by atoms with Gasteiger partial charge < -0.3 is 15.0 Å². The number of carbonyl (C=O) groups is 1. The number of fused-ring (bicyclic) bond motifs is 1. The van der Waals surface area contributed by atoms with Crippen LogP contribution in [0.3, 0.4) is 0 Å². The van der Waals surface area contributed by atoms with Crippen LogP contribution in [0.1, 0.15) is 18.9 Å². The number of carboxylic acids is 1. The molecule has 196 valence electrons. The van der Waals surface area contributed by atoms with Crippen LogP contribution in [0.15, 0.2) is 62.7 Å². The molecule has 0 atom stereocenters. The van der Waals surface area contributed by atoms with Gasteiger partial charge in [0.15, 0.2) is 0 Å². The summed E-state index contributed by atoms with van der Waals surface area (Å²) in [6.07, 6.45) is -3.36. The molecule has 0 unspecified atom stereocenters. The number of benzene rings is 2. The van der Waals surface area contributed by atoms with Gasteiger partial charge in [-0.3, -0.25) is 4.57 Å². The summed E-state index contributed by atoms with van der Waals surface area (Å²) in [6.45, 7) is 2.64. The fourth-order valence-corrected chi connectivity index (χ4v) is 5.94. The van der Waals surface area contributed by atoms with Gasteiger partial charge in [0, 0.05) is 36.7 Å². The molecule has 0 saturated carbocycles. The zero-order chi connectivity index (χ0) is 26.5. The maximum Gasteiger partial charge on any atom is 0.490 e. The molecule has 1 aliphatic rings. The number of para-hydroxylation sites is 2. The summed E-state index contributed by atoms with van der Waals surface area (Å²) in [5.74, 6) is -2.76. The molecule has 36 heavy (non-hydrogen) atoms. The first-order valence-corrected chi connectivity index (χ1v) is 13.1. The zero-order valence-electron chi connectivity index (χ0n) is 18.8. The van der Waals surface area contributed by atoms with Crippen LogP contribution in [0.4, 0.5) is 13.2 Å². The fourth-order valence-electron chi connectivity index (χ4n) is 3.92. The van der Waals surface area contributed by atoms with Crippen molar-refractivity contribution in [1.29, 1.82) is 0 Å². The number of carboxylic acid groups (broad SMARTS) is 1. The summed E-state index contributed by atoms with van der Waals surface area (Å²) < 4.78 is 61.8. The maximum absolute atomic E-state index is 12.5. The quantitative estimate of drug-likeness (QED) is 0.403. The Morgan fingerprint density at radius 2 is 1.69 bits per heavy atom. The number of hydrogen-bond acceptors (Lipinski definition) is 5.